The standard InChI is InChI=1S/C17H21N8O/c1-14-13-23(2)22-25(14)21-19-16-8-6-15(7-9-16)18-20-17-5-3-4-10-24(17)11-12-26/h3-10,13,18,26H,11-12H2,1-2H3/q+1. The molecule has 0 aliphatic carbocycles. The number of hydrogen-bond donors (Lipinski definition) is 2. The lowest BCUT2D eigenvalue weighted by Crippen LogP contribution is -2.29. The van der Waals surface area contributed by atoms with Crippen molar-refractivity contribution in [1.82, 2.24) is 14.6 Å². The van der Waals surface area contributed by atoms with Crippen LogP contribution in [0.1, 0.15) is 5.69 Å². The molecule has 134 valence electrons. The van der Waals surface area contributed by atoms with Gasteiger partial charge < -0.3 is 9.67 Å². The fourth-order valence-electron chi connectivity index (χ4n) is 2.32. The van der Waals surface area contributed by atoms with Gasteiger partial charge in [0.05, 0.1) is 23.2 Å². The van der Waals surface area contributed by atoms with E-state index in [1.807, 2.05) is 73.4 Å². The van der Waals surface area contributed by atoms with Crippen LogP contribution in [-0.2, 0) is 13.6 Å². The zero-order valence-electron chi connectivity index (χ0n) is 14.7. The zero-order valence-corrected chi connectivity index (χ0v) is 14.7. The molecule has 2 heterocycles. The minimum absolute atomic E-state index is 0.0602. The summed E-state index contributed by atoms with van der Waals surface area (Å²) in [5, 5.41) is 25.9. The summed E-state index contributed by atoms with van der Waals surface area (Å²) in [7, 11) is 1.83. The van der Waals surface area contributed by atoms with Crippen molar-refractivity contribution in [2.75, 3.05) is 12.0 Å². The number of aryl methyl sites for hydroxylation is 2. The molecule has 9 nitrogen and oxygen atoms in total. The molecule has 0 aliphatic heterocycles. The lowest BCUT2D eigenvalue weighted by atomic mass is 10.3. The Morgan fingerprint density at radius 2 is 2.00 bits per heavy atom. The Balaban J connectivity index is 1.70. The molecule has 0 amide bonds. The van der Waals surface area contributed by atoms with Crippen LogP contribution in [0.2, 0.25) is 0 Å². The van der Waals surface area contributed by atoms with Crippen LogP contribution in [0.15, 0.2) is 70.3 Å². The quantitative estimate of drug-likeness (QED) is 0.397. The summed E-state index contributed by atoms with van der Waals surface area (Å²) in [6.07, 6.45) is 3.73. The molecular weight excluding hydrogens is 332 g/mol. The molecule has 3 aromatic rings. The molecule has 0 saturated heterocycles. The summed E-state index contributed by atoms with van der Waals surface area (Å²) in [6, 6.07) is 13.1. The first-order chi connectivity index (χ1) is 12.7. The maximum atomic E-state index is 9.10. The van der Waals surface area contributed by atoms with Crippen LogP contribution < -0.4 is 15.6 Å². The number of benzene rings is 1. The van der Waals surface area contributed by atoms with E-state index in [9.17, 15) is 0 Å². The van der Waals surface area contributed by atoms with E-state index in [4.69, 9.17) is 5.11 Å². The third-order valence-corrected chi connectivity index (χ3v) is 3.58. The average Bonchev–Trinajstić information content (AvgIpc) is 2.97. The number of nitrogens with zero attached hydrogens (tertiary/aromatic N) is 7. The molecule has 0 saturated carbocycles. The highest BCUT2D eigenvalue weighted by Gasteiger charge is 2.07. The Labute approximate surface area is 150 Å². The monoisotopic (exact) mass is 353 g/mol. The second-order valence-electron chi connectivity index (χ2n) is 5.66. The Morgan fingerprint density at radius 1 is 1.19 bits per heavy atom. The maximum absolute atomic E-state index is 9.10. The first-order valence-corrected chi connectivity index (χ1v) is 8.16. The molecule has 0 atom stereocenters. The minimum atomic E-state index is 0.0602. The summed E-state index contributed by atoms with van der Waals surface area (Å²) in [4.78, 5) is 1.47. The van der Waals surface area contributed by atoms with Crippen molar-refractivity contribution in [3.05, 3.63) is 66.0 Å². The fourth-order valence-corrected chi connectivity index (χ4v) is 2.32. The molecule has 0 spiro atoms. The SMILES string of the molecule is Cc1c[n+](C)nn1N=Nc1ccc(NN=c2ccccn2CCO)cc1. The Bertz CT molecular complexity index is 955. The smallest absolute Gasteiger partial charge is 0.198 e. The largest absolute Gasteiger partial charge is 0.395 e. The van der Waals surface area contributed by atoms with E-state index >= 15 is 0 Å². The number of rotatable bonds is 6. The van der Waals surface area contributed by atoms with E-state index in [1.165, 1.54) is 4.79 Å². The molecule has 1 aromatic carbocycles. The molecular formula is C17H21N8O+. The summed E-state index contributed by atoms with van der Waals surface area (Å²) >= 11 is 0. The Kier molecular flexibility index (Phi) is 5.49. The van der Waals surface area contributed by atoms with Gasteiger partial charge in [-0.05, 0) is 36.4 Å². The van der Waals surface area contributed by atoms with Crippen molar-refractivity contribution in [3.63, 3.8) is 0 Å². The van der Waals surface area contributed by atoms with Gasteiger partial charge in [-0.15, -0.1) is 9.80 Å². The Morgan fingerprint density at radius 3 is 2.69 bits per heavy atom. The lowest BCUT2D eigenvalue weighted by Gasteiger charge is -2.05. The van der Waals surface area contributed by atoms with Gasteiger partial charge in [-0.1, -0.05) is 6.07 Å². The molecule has 2 N–H and O–H groups in total. The highest BCUT2D eigenvalue weighted by Crippen LogP contribution is 2.16. The molecule has 0 unspecified atom stereocenters. The van der Waals surface area contributed by atoms with Gasteiger partial charge in [0.15, 0.2) is 17.4 Å². The van der Waals surface area contributed by atoms with Crippen LogP contribution in [-0.4, -0.2) is 26.3 Å². The molecule has 0 fully saturated rings. The van der Waals surface area contributed by atoms with Gasteiger partial charge >= 0.3 is 0 Å². The lowest BCUT2D eigenvalue weighted by molar-refractivity contribution is -0.732. The van der Waals surface area contributed by atoms with E-state index in [0.717, 1.165) is 16.9 Å². The van der Waals surface area contributed by atoms with Gasteiger partial charge in [-0.25, -0.2) is 0 Å². The van der Waals surface area contributed by atoms with Crippen LogP contribution in [0.5, 0.6) is 0 Å². The highest BCUT2D eigenvalue weighted by atomic mass is 16.3. The average molecular weight is 353 g/mol. The third-order valence-electron chi connectivity index (χ3n) is 3.58. The van der Waals surface area contributed by atoms with Crippen LogP contribution in [0.3, 0.4) is 0 Å². The summed E-state index contributed by atoms with van der Waals surface area (Å²) in [6.45, 7) is 2.46. The number of anilines is 1. The van der Waals surface area contributed by atoms with E-state index in [2.05, 4.69) is 26.1 Å². The summed E-state index contributed by atoms with van der Waals surface area (Å²) in [5.41, 5.74) is 6.16. The second-order valence-corrected chi connectivity index (χ2v) is 5.66. The zero-order chi connectivity index (χ0) is 18.4. The first kappa shape index (κ1) is 17.5. The van der Waals surface area contributed by atoms with Crippen LogP contribution in [0.25, 0.3) is 0 Å². The van der Waals surface area contributed by atoms with E-state index in [1.54, 1.807) is 4.68 Å². The predicted octanol–water partition coefficient (Wildman–Crippen LogP) is 1.28. The number of aromatic nitrogens is 4. The van der Waals surface area contributed by atoms with Gasteiger partial charge in [0.2, 0.25) is 0 Å². The molecule has 26 heavy (non-hydrogen) atoms. The molecule has 0 radical (unpaired) electrons. The predicted molar refractivity (Wildman–Crippen MR) is 95.2 cm³/mol. The number of aliphatic hydroxyl groups excluding tert-OH is 1. The third kappa shape index (κ3) is 4.39. The molecule has 0 bridgehead atoms. The van der Waals surface area contributed by atoms with E-state index in [-0.39, 0.29) is 6.61 Å². The topological polar surface area (TPSA) is 96.0 Å². The number of hydrogen-bond acceptors (Lipinski definition) is 6. The molecule has 9 heteroatoms. The normalized spacial score (nSPS) is 12.0. The van der Waals surface area contributed by atoms with Crippen molar-refractivity contribution in [2.24, 2.45) is 22.5 Å². The van der Waals surface area contributed by atoms with Gasteiger partial charge in [0.25, 0.3) is 0 Å². The van der Waals surface area contributed by atoms with Gasteiger partial charge in [0.1, 0.15) is 12.3 Å². The fraction of sp³-hybridized carbons (Fsp3) is 0.235. The number of aliphatic hydroxyl groups is 1. The number of pyridine rings is 1. The van der Waals surface area contributed by atoms with Crippen molar-refractivity contribution in [2.45, 2.75) is 13.5 Å². The van der Waals surface area contributed by atoms with Crippen molar-refractivity contribution >= 4 is 11.4 Å². The maximum Gasteiger partial charge on any atom is 0.198 e. The van der Waals surface area contributed by atoms with Crippen LogP contribution in [0, 0.1) is 6.92 Å². The summed E-state index contributed by atoms with van der Waals surface area (Å²) < 4.78 is 3.54. The van der Waals surface area contributed by atoms with Crippen LogP contribution in [0.4, 0.5) is 11.4 Å². The minimum Gasteiger partial charge on any atom is -0.395 e. The first-order valence-electron chi connectivity index (χ1n) is 8.16. The molecule has 0 aliphatic rings. The van der Waals surface area contributed by atoms with Crippen LogP contribution >= 0.6 is 0 Å². The summed E-state index contributed by atoms with van der Waals surface area (Å²) in [5.74, 6) is 0. The van der Waals surface area contributed by atoms with E-state index in [0.29, 0.717) is 12.2 Å². The number of nitrogens with one attached hydrogen (secondary N) is 1. The van der Waals surface area contributed by atoms with Gasteiger partial charge in [0, 0.05) is 24.5 Å². The molecule has 2 aromatic heterocycles. The molecule has 3 rings (SSSR count). The Hall–Kier alpha value is -3.33. The van der Waals surface area contributed by atoms with Gasteiger partial charge in [-0.2, -0.15) is 5.10 Å². The second kappa shape index (κ2) is 8.17. The van der Waals surface area contributed by atoms with Crippen molar-refractivity contribution in [3.8, 4) is 0 Å². The van der Waals surface area contributed by atoms with Crippen molar-refractivity contribution in [1.29, 1.82) is 0 Å². The van der Waals surface area contributed by atoms with E-state index < -0.39 is 0 Å². The highest BCUT2D eigenvalue weighted by molar-refractivity contribution is 5.50. The van der Waals surface area contributed by atoms with Crippen molar-refractivity contribution < 1.29 is 9.79 Å². The van der Waals surface area contributed by atoms with Gasteiger partial charge in [-0.3, -0.25) is 5.43 Å².